The van der Waals surface area contributed by atoms with E-state index in [9.17, 15) is 0 Å². The van der Waals surface area contributed by atoms with Crippen molar-refractivity contribution in [3.63, 3.8) is 0 Å². The molecule has 3 heteroatoms. The number of halogens is 1. The van der Waals surface area contributed by atoms with E-state index in [0.29, 0.717) is 0 Å². The molecule has 2 rings (SSSR count). The Morgan fingerprint density at radius 2 is 1.80 bits per heavy atom. The van der Waals surface area contributed by atoms with Gasteiger partial charge < -0.3 is 11.1 Å². The molecular formula is C12H17BrN2. The third kappa shape index (κ3) is 2.25. The molecule has 1 heterocycles. The van der Waals surface area contributed by atoms with Crippen molar-refractivity contribution >= 4 is 15.9 Å². The van der Waals surface area contributed by atoms with Crippen LogP contribution in [-0.2, 0) is 5.41 Å². The summed E-state index contributed by atoms with van der Waals surface area (Å²) in [6.45, 7) is 2.90. The summed E-state index contributed by atoms with van der Waals surface area (Å²) in [6, 6.07) is 8.61. The second-order valence-electron chi connectivity index (χ2n) is 4.24. The van der Waals surface area contributed by atoms with Crippen molar-refractivity contribution in [2.45, 2.75) is 18.3 Å². The Labute approximate surface area is 99.4 Å². The van der Waals surface area contributed by atoms with E-state index in [0.717, 1.165) is 36.9 Å². The number of hydrogen-bond donors (Lipinski definition) is 2. The number of piperidine rings is 1. The van der Waals surface area contributed by atoms with E-state index in [1.54, 1.807) is 0 Å². The van der Waals surface area contributed by atoms with Crippen LogP contribution in [0.3, 0.4) is 0 Å². The van der Waals surface area contributed by atoms with Gasteiger partial charge in [-0.25, -0.2) is 0 Å². The van der Waals surface area contributed by atoms with Gasteiger partial charge in [0.15, 0.2) is 0 Å². The molecule has 1 saturated heterocycles. The molecule has 0 aromatic heterocycles. The van der Waals surface area contributed by atoms with Crippen LogP contribution >= 0.6 is 15.9 Å². The average molecular weight is 269 g/mol. The summed E-state index contributed by atoms with van der Waals surface area (Å²) in [5.74, 6) is 0. The van der Waals surface area contributed by atoms with Gasteiger partial charge in [0, 0.05) is 16.4 Å². The molecule has 15 heavy (non-hydrogen) atoms. The number of nitrogens with one attached hydrogen (secondary N) is 1. The molecule has 0 amide bonds. The molecule has 82 valence electrons. The highest BCUT2D eigenvalue weighted by Gasteiger charge is 2.32. The number of benzene rings is 1. The Bertz CT molecular complexity index is 315. The van der Waals surface area contributed by atoms with Crippen LogP contribution < -0.4 is 11.1 Å². The summed E-state index contributed by atoms with van der Waals surface area (Å²) in [7, 11) is 0. The van der Waals surface area contributed by atoms with Gasteiger partial charge in [-0.05, 0) is 43.6 Å². The largest absolute Gasteiger partial charge is 0.330 e. The fourth-order valence-electron chi connectivity index (χ4n) is 2.32. The Morgan fingerprint density at radius 3 is 2.33 bits per heavy atom. The third-order valence-corrected chi connectivity index (χ3v) is 3.94. The van der Waals surface area contributed by atoms with Gasteiger partial charge in [0.2, 0.25) is 0 Å². The van der Waals surface area contributed by atoms with Gasteiger partial charge >= 0.3 is 0 Å². The molecule has 1 aliphatic heterocycles. The summed E-state index contributed by atoms with van der Waals surface area (Å²) in [5, 5.41) is 3.39. The van der Waals surface area contributed by atoms with Gasteiger partial charge in [-0.3, -0.25) is 0 Å². The quantitative estimate of drug-likeness (QED) is 0.862. The minimum Gasteiger partial charge on any atom is -0.330 e. The molecule has 1 aromatic rings. The van der Waals surface area contributed by atoms with Crippen molar-refractivity contribution < 1.29 is 0 Å². The highest BCUT2D eigenvalue weighted by molar-refractivity contribution is 9.10. The lowest BCUT2D eigenvalue weighted by atomic mass is 9.73. The van der Waals surface area contributed by atoms with Gasteiger partial charge in [-0.2, -0.15) is 0 Å². The Balaban J connectivity index is 2.28. The smallest absolute Gasteiger partial charge is 0.0175 e. The van der Waals surface area contributed by atoms with Crippen molar-refractivity contribution in [1.29, 1.82) is 0 Å². The van der Waals surface area contributed by atoms with Crippen molar-refractivity contribution in [3.05, 3.63) is 34.3 Å². The molecule has 1 aromatic carbocycles. The van der Waals surface area contributed by atoms with Gasteiger partial charge in [0.05, 0.1) is 0 Å². The fraction of sp³-hybridized carbons (Fsp3) is 0.500. The van der Waals surface area contributed by atoms with Crippen molar-refractivity contribution in [1.82, 2.24) is 5.32 Å². The topological polar surface area (TPSA) is 38.0 Å². The zero-order valence-electron chi connectivity index (χ0n) is 8.80. The predicted molar refractivity (Wildman–Crippen MR) is 67.0 cm³/mol. The molecular weight excluding hydrogens is 252 g/mol. The minimum atomic E-state index is 0.200. The first kappa shape index (κ1) is 11.1. The lowest BCUT2D eigenvalue weighted by Crippen LogP contribution is -2.44. The summed E-state index contributed by atoms with van der Waals surface area (Å²) >= 11 is 3.47. The normalized spacial score (nSPS) is 20.1. The van der Waals surface area contributed by atoms with E-state index < -0.39 is 0 Å². The van der Waals surface area contributed by atoms with Gasteiger partial charge in [0.1, 0.15) is 0 Å². The Kier molecular flexibility index (Phi) is 3.44. The maximum Gasteiger partial charge on any atom is 0.0175 e. The van der Waals surface area contributed by atoms with E-state index in [2.05, 4.69) is 45.5 Å². The highest BCUT2D eigenvalue weighted by atomic mass is 79.9. The maximum absolute atomic E-state index is 5.97. The summed E-state index contributed by atoms with van der Waals surface area (Å²) in [5.41, 5.74) is 7.55. The van der Waals surface area contributed by atoms with Crippen molar-refractivity contribution in [2.24, 2.45) is 5.73 Å². The van der Waals surface area contributed by atoms with E-state index in [1.165, 1.54) is 5.56 Å². The molecule has 0 aliphatic carbocycles. The lowest BCUT2D eigenvalue weighted by molar-refractivity contribution is 0.315. The zero-order chi connectivity index (χ0) is 10.7. The van der Waals surface area contributed by atoms with Crippen LogP contribution in [0.4, 0.5) is 0 Å². The van der Waals surface area contributed by atoms with Gasteiger partial charge in [-0.1, -0.05) is 28.1 Å². The lowest BCUT2D eigenvalue weighted by Gasteiger charge is -2.37. The number of rotatable bonds is 2. The van der Waals surface area contributed by atoms with Crippen LogP contribution in [0.2, 0.25) is 0 Å². The van der Waals surface area contributed by atoms with Crippen LogP contribution in [0.25, 0.3) is 0 Å². The van der Waals surface area contributed by atoms with Gasteiger partial charge in [-0.15, -0.1) is 0 Å². The maximum atomic E-state index is 5.97. The monoisotopic (exact) mass is 268 g/mol. The molecule has 3 N–H and O–H groups in total. The van der Waals surface area contributed by atoms with Crippen LogP contribution in [-0.4, -0.2) is 19.6 Å². The second kappa shape index (κ2) is 4.64. The SMILES string of the molecule is NCC1(c2ccc(Br)cc2)CCNCC1. The molecule has 0 spiro atoms. The molecule has 1 fully saturated rings. The van der Waals surface area contributed by atoms with E-state index >= 15 is 0 Å². The first-order chi connectivity index (χ1) is 7.27. The van der Waals surface area contributed by atoms with Crippen molar-refractivity contribution in [3.8, 4) is 0 Å². The molecule has 0 bridgehead atoms. The summed E-state index contributed by atoms with van der Waals surface area (Å²) in [6.07, 6.45) is 2.29. The number of hydrogen-bond acceptors (Lipinski definition) is 2. The van der Waals surface area contributed by atoms with Crippen LogP contribution in [0, 0.1) is 0 Å². The van der Waals surface area contributed by atoms with E-state index in [4.69, 9.17) is 5.73 Å². The van der Waals surface area contributed by atoms with Crippen LogP contribution in [0.5, 0.6) is 0 Å². The number of nitrogens with two attached hydrogens (primary N) is 1. The molecule has 0 atom stereocenters. The molecule has 0 saturated carbocycles. The van der Waals surface area contributed by atoms with E-state index in [1.807, 2.05) is 0 Å². The summed E-state index contributed by atoms with van der Waals surface area (Å²) < 4.78 is 1.13. The molecule has 0 radical (unpaired) electrons. The second-order valence-corrected chi connectivity index (χ2v) is 5.16. The van der Waals surface area contributed by atoms with Crippen LogP contribution in [0.1, 0.15) is 18.4 Å². The first-order valence-corrected chi connectivity index (χ1v) is 6.23. The predicted octanol–water partition coefficient (Wildman–Crippen LogP) is 2.03. The third-order valence-electron chi connectivity index (χ3n) is 3.41. The standard InChI is InChI=1S/C12H17BrN2/c13-11-3-1-10(2-4-11)12(9-14)5-7-15-8-6-12/h1-4,15H,5-9,14H2. The minimum absolute atomic E-state index is 0.200. The van der Waals surface area contributed by atoms with E-state index in [-0.39, 0.29) is 5.41 Å². The molecule has 1 aliphatic rings. The van der Waals surface area contributed by atoms with Gasteiger partial charge in [0.25, 0.3) is 0 Å². The molecule has 0 unspecified atom stereocenters. The fourth-order valence-corrected chi connectivity index (χ4v) is 2.58. The highest BCUT2D eigenvalue weighted by Crippen LogP contribution is 2.32. The molecule has 2 nitrogen and oxygen atoms in total. The Hall–Kier alpha value is -0.380. The first-order valence-electron chi connectivity index (χ1n) is 5.44. The van der Waals surface area contributed by atoms with Crippen LogP contribution in [0.15, 0.2) is 28.7 Å². The average Bonchev–Trinajstić information content (AvgIpc) is 2.31. The van der Waals surface area contributed by atoms with Crippen molar-refractivity contribution in [2.75, 3.05) is 19.6 Å². The Morgan fingerprint density at radius 1 is 1.20 bits per heavy atom. The summed E-state index contributed by atoms with van der Waals surface area (Å²) in [4.78, 5) is 0. The zero-order valence-corrected chi connectivity index (χ0v) is 10.4.